The molecule has 1 aliphatic carbocycles. The third-order valence-electron chi connectivity index (χ3n) is 3.65. The van der Waals surface area contributed by atoms with E-state index in [0.717, 1.165) is 12.0 Å². The van der Waals surface area contributed by atoms with Crippen LogP contribution in [0.15, 0.2) is 22.6 Å². The van der Waals surface area contributed by atoms with Crippen molar-refractivity contribution in [3.05, 3.63) is 35.1 Å². The molecule has 0 saturated heterocycles. The van der Waals surface area contributed by atoms with Crippen LogP contribution in [0.25, 0.3) is 11.0 Å². The molecule has 0 unspecified atom stereocenters. The van der Waals surface area contributed by atoms with Crippen molar-refractivity contribution in [1.29, 1.82) is 0 Å². The number of hydrogen-bond acceptors (Lipinski definition) is 1. The molecule has 1 aromatic heterocycles. The summed E-state index contributed by atoms with van der Waals surface area (Å²) >= 11 is 0. The lowest BCUT2D eigenvalue weighted by molar-refractivity contribution is 0.505. The summed E-state index contributed by atoms with van der Waals surface area (Å²) in [6.07, 6.45) is 4.92. The molecule has 0 fully saturated rings. The van der Waals surface area contributed by atoms with Crippen molar-refractivity contribution >= 4 is 11.0 Å². The van der Waals surface area contributed by atoms with Gasteiger partial charge in [0.25, 0.3) is 0 Å². The van der Waals surface area contributed by atoms with Gasteiger partial charge in [-0.15, -0.1) is 0 Å². The molecule has 2 aromatic rings. The highest BCUT2D eigenvalue weighted by Gasteiger charge is 2.17. The molecule has 0 N–H and O–H groups in total. The molecule has 0 amide bonds. The first-order valence-corrected chi connectivity index (χ1v) is 6.30. The summed E-state index contributed by atoms with van der Waals surface area (Å²) in [4.78, 5) is 0. The Labute approximate surface area is 96.5 Å². The second kappa shape index (κ2) is 3.65. The molecule has 3 rings (SSSR count). The molecule has 0 spiro atoms. The average molecular weight is 214 g/mol. The second-order valence-electron chi connectivity index (χ2n) is 5.12. The molecule has 0 aliphatic heterocycles. The van der Waals surface area contributed by atoms with E-state index in [4.69, 9.17) is 4.42 Å². The SMILES string of the molecule is CC(C)c1ccc2c3c(oc2c1)CCCC3. The minimum Gasteiger partial charge on any atom is -0.461 e. The van der Waals surface area contributed by atoms with Crippen LogP contribution in [0.4, 0.5) is 0 Å². The van der Waals surface area contributed by atoms with Crippen molar-refractivity contribution in [2.75, 3.05) is 0 Å². The van der Waals surface area contributed by atoms with Gasteiger partial charge in [-0.25, -0.2) is 0 Å². The van der Waals surface area contributed by atoms with Gasteiger partial charge < -0.3 is 4.42 Å². The van der Waals surface area contributed by atoms with Crippen molar-refractivity contribution in [3.63, 3.8) is 0 Å². The van der Waals surface area contributed by atoms with E-state index in [2.05, 4.69) is 32.0 Å². The lowest BCUT2D eigenvalue weighted by Crippen LogP contribution is -1.98. The number of furan rings is 1. The summed E-state index contributed by atoms with van der Waals surface area (Å²) in [7, 11) is 0. The standard InChI is InChI=1S/C15H18O/c1-10(2)11-7-8-13-12-5-3-4-6-14(12)16-15(13)9-11/h7-10H,3-6H2,1-2H3. The fourth-order valence-electron chi connectivity index (χ4n) is 2.64. The molecule has 0 saturated carbocycles. The summed E-state index contributed by atoms with van der Waals surface area (Å²) in [5.74, 6) is 1.81. The van der Waals surface area contributed by atoms with E-state index in [0.29, 0.717) is 5.92 Å². The maximum atomic E-state index is 5.98. The smallest absolute Gasteiger partial charge is 0.134 e. The van der Waals surface area contributed by atoms with Crippen molar-refractivity contribution in [2.45, 2.75) is 45.4 Å². The van der Waals surface area contributed by atoms with E-state index < -0.39 is 0 Å². The molecule has 1 heterocycles. The van der Waals surface area contributed by atoms with Crippen molar-refractivity contribution in [3.8, 4) is 0 Å². The van der Waals surface area contributed by atoms with Crippen LogP contribution in [0.2, 0.25) is 0 Å². The lowest BCUT2D eigenvalue weighted by Gasteiger charge is -2.08. The Morgan fingerprint density at radius 2 is 1.94 bits per heavy atom. The van der Waals surface area contributed by atoms with Gasteiger partial charge in [-0.1, -0.05) is 26.0 Å². The summed E-state index contributed by atoms with van der Waals surface area (Å²) in [6, 6.07) is 6.72. The van der Waals surface area contributed by atoms with E-state index in [1.165, 1.54) is 41.5 Å². The van der Waals surface area contributed by atoms with Gasteiger partial charge >= 0.3 is 0 Å². The minimum absolute atomic E-state index is 0.575. The topological polar surface area (TPSA) is 13.1 Å². The fraction of sp³-hybridized carbons (Fsp3) is 0.467. The van der Waals surface area contributed by atoms with Crippen LogP contribution in [0, 0.1) is 0 Å². The molecular formula is C15H18O. The van der Waals surface area contributed by atoms with E-state index in [9.17, 15) is 0 Å². The summed E-state index contributed by atoms with van der Waals surface area (Å²) in [5.41, 5.74) is 3.94. The summed E-state index contributed by atoms with van der Waals surface area (Å²) in [5, 5.41) is 1.35. The fourth-order valence-corrected chi connectivity index (χ4v) is 2.64. The zero-order valence-electron chi connectivity index (χ0n) is 10.0. The predicted molar refractivity (Wildman–Crippen MR) is 66.9 cm³/mol. The number of fused-ring (bicyclic) bond motifs is 3. The van der Waals surface area contributed by atoms with Crippen LogP contribution >= 0.6 is 0 Å². The normalized spacial score (nSPS) is 15.7. The molecule has 84 valence electrons. The van der Waals surface area contributed by atoms with Gasteiger partial charge in [-0.05, 0) is 36.8 Å². The number of rotatable bonds is 1. The Hall–Kier alpha value is -1.24. The van der Waals surface area contributed by atoms with Gasteiger partial charge in [0.15, 0.2) is 0 Å². The molecule has 0 atom stereocenters. The quantitative estimate of drug-likeness (QED) is 0.684. The van der Waals surface area contributed by atoms with Crippen molar-refractivity contribution in [2.24, 2.45) is 0 Å². The Morgan fingerprint density at radius 3 is 2.75 bits per heavy atom. The maximum Gasteiger partial charge on any atom is 0.134 e. The zero-order chi connectivity index (χ0) is 11.1. The van der Waals surface area contributed by atoms with E-state index >= 15 is 0 Å². The van der Waals surface area contributed by atoms with Crippen LogP contribution in [-0.2, 0) is 12.8 Å². The second-order valence-corrected chi connectivity index (χ2v) is 5.12. The minimum atomic E-state index is 0.575. The summed E-state index contributed by atoms with van der Waals surface area (Å²) in [6.45, 7) is 4.45. The van der Waals surface area contributed by atoms with Crippen LogP contribution < -0.4 is 0 Å². The highest BCUT2D eigenvalue weighted by molar-refractivity contribution is 5.83. The van der Waals surface area contributed by atoms with Gasteiger partial charge in [0.1, 0.15) is 11.3 Å². The Kier molecular flexibility index (Phi) is 2.27. The van der Waals surface area contributed by atoms with Crippen LogP contribution in [0.5, 0.6) is 0 Å². The van der Waals surface area contributed by atoms with E-state index in [-0.39, 0.29) is 0 Å². The molecule has 1 aromatic carbocycles. The van der Waals surface area contributed by atoms with Crippen molar-refractivity contribution < 1.29 is 4.42 Å². The van der Waals surface area contributed by atoms with Gasteiger partial charge in [0.2, 0.25) is 0 Å². The van der Waals surface area contributed by atoms with Gasteiger partial charge in [0, 0.05) is 17.4 Å². The van der Waals surface area contributed by atoms with E-state index in [1.54, 1.807) is 0 Å². The predicted octanol–water partition coefficient (Wildman–Crippen LogP) is 4.44. The third-order valence-corrected chi connectivity index (χ3v) is 3.65. The molecule has 0 bridgehead atoms. The Bertz CT molecular complexity index is 519. The van der Waals surface area contributed by atoms with Crippen LogP contribution in [0.3, 0.4) is 0 Å². The molecule has 1 heteroatoms. The molecule has 16 heavy (non-hydrogen) atoms. The van der Waals surface area contributed by atoms with Gasteiger partial charge in [-0.3, -0.25) is 0 Å². The molecule has 0 radical (unpaired) electrons. The highest BCUT2D eigenvalue weighted by atomic mass is 16.3. The number of hydrogen-bond donors (Lipinski definition) is 0. The summed E-state index contributed by atoms with van der Waals surface area (Å²) < 4.78 is 5.98. The van der Waals surface area contributed by atoms with Crippen molar-refractivity contribution in [1.82, 2.24) is 0 Å². The largest absolute Gasteiger partial charge is 0.461 e. The molecule has 1 aliphatic rings. The molecule has 1 nitrogen and oxygen atoms in total. The van der Waals surface area contributed by atoms with Crippen LogP contribution in [0.1, 0.15) is 49.5 Å². The highest BCUT2D eigenvalue weighted by Crippen LogP contribution is 2.33. The first-order chi connectivity index (χ1) is 7.75. The third kappa shape index (κ3) is 1.46. The number of benzene rings is 1. The number of aryl methyl sites for hydroxylation is 2. The first-order valence-electron chi connectivity index (χ1n) is 6.30. The maximum absolute atomic E-state index is 5.98. The lowest BCUT2D eigenvalue weighted by atomic mass is 9.95. The first kappa shape index (κ1) is 9.95. The van der Waals surface area contributed by atoms with E-state index in [1.807, 2.05) is 0 Å². The average Bonchev–Trinajstić information content (AvgIpc) is 2.66. The molecular weight excluding hydrogens is 196 g/mol. The van der Waals surface area contributed by atoms with Gasteiger partial charge in [-0.2, -0.15) is 0 Å². The Balaban J connectivity index is 2.19. The van der Waals surface area contributed by atoms with Crippen LogP contribution in [-0.4, -0.2) is 0 Å². The Morgan fingerprint density at radius 1 is 1.12 bits per heavy atom. The zero-order valence-corrected chi connectivity index (χ0v) is 10.0. The monoisotopic (exact) mass is 214 g/mol. The van der Waals surface area contributed by atoms with Gasteiger partial charge in [0.05, 0.1) is 0 Å².